The Morgan fingerprint density at radius 3 is 2.05 bits per heavy atom. The molecule has 3 heteroatoms. The Balaban J connectivity index is 2.53. The quantitative estimate of drug-likeness (QED) is 0.577. The number of alkyl halides is 1. The van der Waals surface area contributed by atoms with Crippen LogP contribution in [0.2, 0.25) is 0 Å². The molecule has 0 saturated carbocycles. The maximum atomic E-state index is 12.9. The molecule has 108 valence electrons. The molecule has 0 bridgehead atoms. The van der Waals surface area contributed by atoms with E-state index in [1.165, 1.54) is 37.8 Å². The summed E-state index contributed by atoms with van der Waals surface area (Å²) in [6, 6.07) is 6.52. The van der Waals surface area contributed by atoms with Crippen molar-refractivity contribution < 1.29 is 4.39 Å². The Kier molecular flexibility index (Phi) is 8.08. The number of benzene rings is 1. The first-order valence-corrected chi connectivity index (χ1v) is 7.72. The molecule has 0 aliphatic rings. The van der Waals surface area contributed by atoms with Crippen molar-refractivity contribution in [3.8, 4) is 0 Å². The van der Waals surface area contributed by atoms with Gasteiger partial charge in [0, 0.05) is 6.54 Å². The van der Waals surface area contributed by atoms with Crippen LogP contribution in [-0.2, 0) is 0 Å². The van der Waals surface area contributed by atoms with Crippen LogP contribution >= 0.6 is 11.6 Å². The fraction of sp³-hybridized carbons (Fsp3) is 0.625. The molecule has 0 amide bonds. The first-order chi connectivity index (χ1) is 9.17. The van der Waals surface area contributed by atoms with Gasteiger partial charge in [-0.2, -0.15) is 0 Å². The maximum absolute atomic E-state index is 12.9. The zero-order valence-corrected chi connectivity index (χ0v) is 12.8. The Morgan fingerprint density at radius 2 is 1.58 bits per heavy atom. The maximum Gasteiger partial charge on any atom is 0.123 e. The Hall–Kier alpha value is -0.600. The highest BCUT2D eigenvalue weighted by atomic mass is 35.5. The van der Waals surface area contributed by atoms with Crippen molar-refractivity contribution in [2.45, 2.75) is 44.9 Å². The lowest BCUT2D eigenvalue weighted by Crippen LogP contribution is -2.29. The molecule has 0 aliphatic carbocycles. The molecular weight excluding hydrogens is 261 g/mol. The fourth-order valence-corrected chi connectivity index (χ4v) is 2.40. The summed E-state index contributed by atoms with van der Waals surface area (Å²) in [6.45, 7) is 7.45. The van der Waals surface area contributed by atoms with Gasteiger partial charge in [0.1, 0.15) is 5.82 Å². The summed E-state index contributed by atoms with van der Waals surface area (Å²) in [6.07, 6.45) is 4.81. The van der Waals surface area contributed by atoms with Crippen LogP contribution in [0.25, 0.3) is 0 Å². The van der Waals surface area contributed by atoms with Gasteiger partial charge in [0.15, 0.2) is 0 Å². The minimum Gasteiger partial charge on any atom is -0.302 e. The fourth-order valence-electron chi connectivity index (χ4n) is 2.06. The van der Waals surface area contributed by atoms with Crippen LogP contribution < -0.4 is 0 Å². The van der Waals surface area contributed by atoms with Gasteiger partial charge in [-0.3, -0.25) is 0 Å². The molecule has 0 spiro atoms. The molecule has 1 unspecified atom stereocenters. The molecule has 1 rings (SSSR count). The first kappa shape index (κ1) is 16.5. The van der Waals surface area contributed by atoms with E-state index in [4.69, 9.17) is 11.6 Å². The second-order valence-electron chi connectivity index (χ2n) is 5.03. The van der Waals surface area contributed by atoms with Gasteiger partial charge in [0.05, 0.1) is 5.38 Å². The van der Waals surface area contributed by atoms with Gasteiger partial charge in [-0.05, 0) is 43.6 Å². The second kappa shape index (κ2) is 9.33. The van der Waals surface area contributed by atoms with Gasteiger partial charge in [0.2, 0.25) is 0 Å². The third-order valence-corrected chi connectivity index (χ3v) is 3.70. The van der Waals surface area contributed by atoms with Crippen molar-refractivity contribution in [1.82, 2.24) is 4.90 Å². The van der Waals surface area contributed by atoms with Crippen LogP contribution in [0.5, 0.6) is 0 Å². The molecule has 0 saturated heterocycles. The highest BCUT2D eigenvalue weighted by Gasteiger charge is 2.13. The van der Waals surface area contributed by atoms with Gasteiger partial charge in [0.25, 0.3) is 0 Å². The predicted octanol–water partition coefficient (Wildman–Crippen LogP) is 5.01. The highest BCUT2D eigenvalue weighted by molar-refractivity contribution is 6.21. The molecule has 0 radical (unpaired) electrons. The summed E-state index contributed by atoms with van der Waals surface area (Å²) < 4.78 is 12.9. The molecule has 0 fully saturated rings. The van der Waals surface area contributed by atoms with Crippen LogP contribution in [0.15, 0.2) is 24.3 Å². The van der Waals surface area contributed by atoms with Gasteiger partial charge in [-0.15, -0.1) is 11.6 Å². The molecule has 1 aromatic carbocycles. The molecule has 19 heavy (non-hydrogen) atoms. The van der Waals surface area contributed by atoms with E-state index >= 15 is 0 Å². The standard InChI is InChI=1S/C16H25ClFN/c1-3-5-11-19(12-6-4-2)13-16(17)14-7-9-15(18)10-8-14/h7-10,16H,3-6,11-13H2,1-2H3. The van der Waals surface area contributed by atoms with Crippen LogP contribution in [0, 0.1) is 5.82 Å². The predicted molar refractivity (Wildman–Crippen MR) is 81.3 cm³/mol. The lowest BCUT2D eigenvalue weighted by atomic mass is 10.1. The van der Waals surface area contributed by atoms with E-state index in [0.29, 0.717) is 0 Å². The third-order valence-electron chi connectivity index (χ3n) is 3.31. The molecular formula is C16H25ClFN. The third kappa shape index (κ3) is 6.40. The largest absolute Gasteiger partial charge is 0.302 e. The van der Waals surface area contributed by atoms with Crippen LogP contribution in [-0.4, -0.2) is 24.5 Å². The van der Waals surface area contributed by atoms with Crippen LogP contribution in [0.4, 0.5) is 4.39 Å². The summed E-state index contributed by atoms with van der Waals surface area (Å²) in [4.78, 5) is 2.42. The topological polar surface area (TPSA) is 3.24 Å². The van der Waals surface area contributed by atoms with Crippen molar-refractivity contribution in [3.05, 3.63) is 35.6 Å². The van der Waals surface area contributed by atoms with Gasteiger partial charge < -0.3 is 4.90 Å². The minimum absolute atomic E-state index is 0.0608. The molecule has 0 heterocycles. The Bertz CT molecular complexity index is 331. The van der Waals surface area contributed by atoms with E-state index < -0.39 is 0 Å². The lowest BCUT2D eigenvalue weighted by Gasteiger charge is -2.24. The van der Waals surface area contributed by atoms with Gasteiger partial charge in [-0.25, -0.2) is 4.39 Å². The van der Waals surface area contributed by atoms with Crippen molar-refractivity contribution in [2.75, 3.05) is 19.6 Å². The summed E-state index contributed by atoms with van der Waals surface area (Å²) >= 11 is 6.45. The van der Waals surface area contributed by atoms with Crippen LogP contribution in [0.1, 0.15) is 50.5 Å². The number of halogens is 2. The number of hydrogen-bond acceptors (Lipinski definition) is 1. The average Bonchev–Trinajstić information content (AvgIpc) is 2.42. The van der Waals surface area contributed by atoms with E-state index in [1.54, 1.807) is 12.1 Å². The van der Waals surface area contributed by atoms with E-state index in [9.17, 15) is 4.39 Å². The first-order valence-electron chi connectivity index (χ1n) is 7.29. The second-order valence-corrected chi connectivity index (χ2v) is 5.55. The van der Waals surface area contributed by atoms with Gasteiger partial charge >= 0.3 is 0 Å². The zero-order valence-electron chi connectivity index (χ0n) is 12.0. The minimum atomic E-state index is -0.207. The highest BCUT2D eigenvalue weighted by Crippen LogP contribution is 2.22. The van der Waals surface area contributed by atoms with Crippen molar-refractivity contribution in [1.29, 1.82) is 0 Å². The van der Waals surface area contributed by atoms with Crippen LogP contribution in [0.3, 0.4) is 0 Å². The van der Waals surface area contributed by atoms with E-state index in [1.807, 2.05) is 0 Å². The molecule has 1 aromatic rings. The smallest absolute Gasteiger partial charge is 0.123 e. The van der Waals surface area contributed by atoms with Crippen molar-refractivity contribution in [2.24, 2.45) is 0 Å². The molecule has 0 aromatic heterocycles. The number of hydrogen-bond donors (Lipinski definition) is 0. The summed E-state index contributed by atoms with van der Waals surface area (Å²) in [5, 5.41) is -0.0608. The number of rotatable bonds is 9. The summed E-state index contributed by atoms with van der Waals surface area (Å²) in [5.74, 6) is -0.207. The van der Waals surface area contributed by atoms with E-state index in [2.05, 4.69) is 18.7 Å². The monoisotopic (exact) mass is 285 g/mol. The Labute approximate surface area is 121 Å². The van der Waals surface area contributed by atoms with Crippen molar-refractivity contribution >= 4 is 11.6 Å². The molecule has 1 nitrogen and oxygen atoms in total. The average molecular weight is 286 g/mol. The zero-order chi connectivity index (χ0) is 14.1. The summed E-state index contributed by atoms with van der Waals surface area (Å²) in [7, 11) is 0. The lowest BCUT2D eigenvalue weighted by molar-refractivity contribution is 0.265. The van der Waals surface area contributed by atoms with Gasteiger partial charge in [-0.1, -0.05) is 38.8 Å². The summed E-state index contributed by atoms with van der Waals surface area (Å²) in [5.41, 5.74) is 1.00. The van der Waals surface area contributed by atoms with E-state index in [0.717, 1.165) is 25.2 Å². The SMILES string of the molecule is CCCCN(CCCC)CC(Cl)c1ccc(F)cc1. The number of nitrogens with zero attached hydrogens (tertiary/aromatic N) is 1. The number of unbranched alkanes of at least 4 members (excludes halogenated alkanes) is 2. The molecule has 0 aliphatic heterocycles. The van der Waals surface area contributed by atoms with Crippen molar-refractivity contribution in [3.63, 3.8) is 0 Å². The molecule has 1 atom stereocenters. The van der Waals surface area contributed by atoms with E-state index in [-0.39, 0.29) is 11.2 Å². The normalized spacial score (nSPS) is 12.9. The molecule has 0 N–H and O–H groups in total. The Morgan fingerprint density at radius 1 is 1.05 bits per heavy atom.